The number of carboxylic acids is 1. The minimum atomic E-state index is -0.947. The van der Waals surface area contributed by atoms with Gasteiger partial charge in [-0.25, -0.2) is 0 Å². The first-order valence-electron chi connectivity index (χ1n) is 5.36. The van der Waals surface area contributed by atoms with Crippen molar-refractivity contribution >= 4 is 29.1 Å². The number of thiocarbonyl (C=S) groups is 1. The van der Waals surface area contributed by atoms with E-state index >= 15 is 0 Å². The fourth-order valence-electron chi connectivity index (χ4n) is 1.41. The number of nitrogens with one attached hydrogen (secondary N) is 1. The van der Waals surface area contributed by atoms with Crippen LogP contribution in [0.3, 0.4) is 0 Å². The summed E-state index contributed by atoms with van der Waals surface area (Å²) in [7, 11) is 0. The molecule has 0 saturated heterocycles. The van der Waals surface area contributed by atoms with Gasteiger partial charge in [0.1, 0.15) is 0 Å². The smallest absolute Gasteiger partial charge is 0.305 e. The van der Waals surface area contributed by atoms with Gasteiger partial charge >= 0.3 is 5.97 Å². The van der Waals surface area contributed by atoms with Crippen molar-refractivity contribution < 1.29 is 14.7 Å². The lowest BCUT2D eigenvalue weighted by Crippen LogP contribution is -2.26. The average molecular weight is 266 g/mol. The summed E-state index contributed by atoms with van der Waals surface area (Å²) < 4.78 is 0. The number of rotatable bonds is 6. The van der Waals surface area contributed by atoms with Gasteiger partial charge in [0.2, 0.25) is 0 Å². The van der Waals surface area contributed by atoms with Gasteiger partial charge in [-0.05, 0) is 17.7 Å². The summed E-state index contributed by atoms with van der Waals surface area (Å²) in [6, 6.07) is 6.90. The van der Waals surface area contributed by atoms with Gasteiger partial charge in [0.15, 0.2) is 0 Å². The number of benzene rings is 1. The highest BCUT2D eigenvalue weighted by Crippen LogP contribution is 2.06. The standard InChI is InChI=1S/C12H14N2O3S/c13-10(18)7-8-2-1-3-9(6-8)12(17)14-5-4-11(15)16/h1-3,6H,4-5,7H2,(H2,13,18)(H,14,17)(H,15,16). The largest absolute Gasteiger partial charge is 0.481 e. The molecule has 6 heteroatoms. The van der Waals surface area contributed by atoms with Crippen molar-refractivity contribution in [2.75, 3.05) is 6.54 Å². The van der Waals surface area contributed by atoms with Gasteiger partial charge in [0, 0.05) is 18.5 Å². The van der Waals surface area contributed by atoms with Gasteiger partial charge in [-0.15, -0.1) is 0 Å². The third-order valence-corrected chi connectivity index (χ3v) is 2.34. The van der Waals surface area contributed by atoms with Crippen LogP contribution in [-0.2, 0) is 11.2 Å². The van der Waals surface area contributed by atoms with Gasteiger partial charge in [-0.1, -0.05) is 24.4 Å². The van der Waals surface area contributed by atoms with Gasteiger partial charge < -0.3 is 16.2 Å². The Morgan fingerprint density at radius 3 is 2.72 bits per heavy atom. The number of carboxylic acid groups (broad SMARTS) is 1. The molecule has 0 aliphatic carbocycles. The Kier molecular flexibility index (Phi) is 5.26. The molecule has 0 radical (unpaired) electrons. The quantitative estimate of drug-likeness (QED) is 0.660. The second kappa shape index (κ2) is 6.70. The van der Waals surface area contributed by atoms with Crippen molar-refractivity contribution in [1.82, 2.24) is 5.32 Å². The van der Waals surface area contributed by atoms with Crippen LogP contribution < -0.4 is 11.1 Å². The Bertz CT molecular complexity index is 474. The highest BCUT2D eigenvalue weighted by atomic mass is 32.1. The van der Waals surface area contributed by atoms with E-state index in [4.69, 9.17) is 23.1 Å². The summed E-state index contributed by atoms with van der Waals surface area (Å²) in [4.78, 5) is 22.4. The number of carbonyl (C=O) groups excluding carboxylic acids is 1. The zero-order chi connectivity index (χ0) is 13.5. The van der Waals surface area contributed by atoms with Crippen molar-refractivity contribution in [2.24, 2.45) is 5.73 Å². The van der Waals surface area contributed by atoms with Crippen LogP contribution in [0.2, 0.25) is 0 Å². The SMILES string of the molecule is NC(=S)Cc1cccc(C(=O)NCCC(=O)O)c1. The maximum absolute atomic E-state index is 11.7. The van der Waals surface area contributed by atoms with Gasteiger partial charge in [0.05, 0.1) is 11.4 Å². The van der Waals surface area contributed by atoms with Crippen LogP contribution in [-0.4, -0.2) is 28.5 Å². The van der Waals surface area contributed by atoms with E-state index in [0.717, 1.165) is 5.56 Å². The Balaban J connectivity index is 2.62. The highest BCUT2D eigenvalue weighted by Gasteiger charge is 2.07. The van der Waals surface area contributed by atoms with Gasteiger partial charge in [-0.2, -0.15) is 0 Å². The Labute approximate surface area is 110 Å². The number of hydrogen-bond acceptors (Lipinski definition) is 3. The molecular weight excluding hydrogens is 252 g/mol. The first-order valence-corrected chi connectivity index (χ1v) is 5.77. The lowest BCUT2D eigenvalue weighted by Gasteiger charge is -2.05. The normalized spacial score (nSPS) is 9.78. The molecular formula is C12H14N2O3S. The molecule has 18 heavy (non-hydrogen) atoms. The van der Waals surface area contributed by atoms with Crippen LogP contribution in [0.4, 0.5) is 0 Å². The lowest BCUT2D eigenvalue weighted by atomic mass is 10.1. The molecule has 1 rings (SSSR count). The summed E-state index contributed by atoms with van der Waals surface area (Å²) in [6.07, 6.45) is 0.337. The van der Waals surface area contributed by atoms with E-state index in [2.05, 4.69) is 5.32 Å². The minimum Gasteiger partial charge on any atom is -0.481 e. The molecule has 4 N–H and O–H groups in total. The molecule has 1 amide bonds. The van der Waals surface area contributed by atoms with E-state index in [-0.39, 0.29) is 18.9 Å². The van der Waals surface area contributed by atoms with E-state index in [9.17, 15) is 9.59 Å². The molecule has 1 aromatic carbocycles. The molecule has 5 nitrogen and oxygen atoms in total. The number of nitrogens with two attached hydrogens (primary N) is 1. The van der Waals surface area contributed by atoms with Crippen molar-refractivity contribution in [2.45, 2.75) is 12.8 Å². The van der Waals surface area contributed by atoms with Crippen molar-refractivity contribution in [3.63, 3.8) is 0 Å². The topological polar surface area (TPSA) is 92.4 Å². The number of hydrogen-bond donors (Lipinski definition) is 3. The van der Waals surface area contributed by atoms with E-state index in [0.29, 0.717) is 17.0 Å². The van der Waals surface area contributed by atoms with Crippen molar-refractivity contribution in [3.05, 3.63) is 35.4 Å². The van der Waals surface area contributed by atoms with Crippen LogP contribution >= 0.6 is 12.2 Å². The summed E-state index contributed by atoms with van der Waals surface area (Å²) >= 11 is 4.80. The number of amides is 1. The molecule has 1 aromatic rings. The summed E-state index contributed by atoms with van der Waals surface area (Å²) in [6.45, 7) is 0.105. The minimum absolute atomic E-state index is 0.0989. The van der Waals surface area contributed by atoms with Crippen LogP contribution in [0.15, 0.2) is 24.3 Å². The molecule has 0 bridgehead atoms. The van der Waals surface area contributed by atoms with Crippen molar-refractivity contribution in [1.29, 1.82) is 0 Å². The molecule has 0 aliphatic heterocycles. The van der Waals surface area contributed by atoms with E-state index in [1.165, 1.54) is 0 Å². The van der Waals surface area contributed by atoms with Crippen LogP contribution in [0.1, 0.15) is 22.3 Å². The molecule has 0 saturated carbocycles. The first kappa shape index (κ1) is 14.1. The van der Waals surface area contributed by atoms with Crippen molar-refractivity contribution in [3.8, 4) is 0 Å². The number of aliphatic carboxylic acids is 1. The summed E-state index contributed by atoms with van der Waals surface area (Å²) in [5.41, 5.74) is 6.75. The second-order valence-corrected chi connectivity index (χ2v) is 4.27. The fraction of sp³-hybridized carbons (Fsp3) is 0.250. The molecule has 0 aromatic heterocycles. The maximum Gasteiger partial charge on any atom is 0.305 e. The van der Waals surface area contributed by atoms with Gasteiger partial charge in [-0.3, -0.25) is 9.59 Å². The highest BCUT2D eigenvalue weighted by molar-refractivity contribution is 7.80. The average Bonchev–Trinajstić information content (AvgIpc) is 2.27. The molecule has 96 valence electrons. The van der Waals surface area contributed by atoms with E-state index < -0.39 is 5.97 Å². The Morgan fingerprint density at radius 2 is 2.11 bits per heavy atom. The Hall–Kier alpha value is -1.95. The fourth-order valence-corrected chi connectivity index (χ4v) is 1.58. The summed E-state index contributed by atoms with van der Waals surface area (Å²) in [5.74, 6) is -1.25. The van der Waals surface area contributed by atoms with Gasteiger partial charge in [0.25, 0.3) is 5.91 Å². The van der Waals surface area contributed by atoms with E-state index in [1.54, 1.807) is 18.2 Å². The molecule has 0 unspecified atom stereocenters. The van der Waals surface area contributed by atoms with Crippen LogP contribution in [0.25, 0.3) is 0 Å². The molecule has 0 atom stereocenters. The maximum atomic E-state index is 11.7. The molecule has 0 spiro atoms. The second-order valence-electron chi connectivity index (χ2n) is 3.74. The monoisotopic (exact) mass is 266 g/mol. The predicted octanol–water partition coefficient (Wildman–Crippen LogP) is 0.720. The zero-order valence-corrected chi connectivity index (χ0v) is 10.5. The lowest BCUT2D eigenvalue weighted by molar-refractivity contribution is -0.136. The molecule has 0 fully saturated rings. The molecule has 0 aliphatic rings. The Morgan fingerprint density at radius 1 is 1.39 bits per heavy atom. The zero-order valence-electron chi connectivity index (χ0n) is 9.68. The third kappa shape index (κ3) is 4.92. The van der Waals surface area contributed by atoms with E-state index in [1.807, 2.05) is 6.07 Å². The van der Waals surface area contributed by atoms with Crippen LogP contribution in [0.5, 0.6) is 0 Å². The predicted molar refractivity (Wildman–Crippen MR) is 71.5 cm³/mol. The first-order chi connectivity index (χ1) is 8.49. The van der Waals surface area contributed by atoms with Crippen LogP contribution in [0, 0.1) is 0 Å². The summed E-state index contributed by atoms with van der Waals surface area (Å²) in [5, 5.41) is 11.0. The molecule has 0 heterocycles. The number of carbonyl (C=O) groups is 2. The third-order valence-electron chi connectivity index (χ3n) is 2.19.